The Hall–Kier alpha value is -0.810. The van der Waals surface area contributed by atoms with Crippen LogP contribution in [0.15, 0.2) is 17.3 Å². The van der Waals surface area contributed by atoms with Crippen LogP contribution < -0.4 is 5.32 Å². The van der Waals surface area contributed by atoms with Crippen LogP contribution in [0.25, 0.3) is 0 Å². The molecule has 0 saturated heterocycles. The minimum atomic E-state index is 0.726. The van der Waals surface area contributed by atoms with Crippen molar-refractivity contribution in [1.82, 2.24) is 15.6 Å². The number of nitrogens with zero attached hydrogens (tertiary/aromatic N) is 2. The molecule has 0 aromatic carbocycles. The van der Waals surface area contributed by atoms with Gasteiger partial charge in [-0.2, -0.15) is 11.8 Å². The molecule has 0 saturated carbocycles. The lowest BCUT2D eigenvalue weighted by atomic mass is 10.3. The van der Waals surface area contributed by atoms with Gasteiger partial charge in [0.05, 0.1) is 0 Å². The van der Waals surface area contributed by atoms with E-state index in [0.717, 1.165) is 36.0 Å². The SMILES string of the molecule is C=CCSCCNCc1nonc1C. The van der Waals surface area contributed by atoms with Crippen LogP contribution in [0.1, 0.15) is 11.4 Å². The lowest BCUT2D eigenvalue weighted by Gasteiger charge is -2.00. The Morgan fingerprint density at radius 3 is 3.07 bits per heavy atom. The summed E-state index contributed by atoms with van der Waals surface area (Å²) in [4.78, 5) is 0. The third-order valence-corrected chi connectivity index (χ3v) is 2.66. The molecule has 0 atom stereocenters. The van der Waals surface area contributed by atoms with E-state index in [9.17, 15) is 0 Å². The molecule has 1 N–H and O–H groups in total. The highest BCUT2D eigenvalue weighted by atomic mass is 32.2. The number of hydrogen-bond acceptors (Lipinski definition) is 5. The molecule has 0 amide bonds. The summed E-state index contributed by atoms with van der Waals surface area (Å²) in [6.07, 6.45) is 1.91. The Morgan fingerprint density at radius 2 is 2.43 bits per heavy atom. The van der Waals surface area contributed by atoms with E-state index in [1.807, 2.05) is 24.8 Å². The molecule has 1 aromatic heterocycles. The summed E-state index contributed by atoms with van der Waals surface area (Å²) in [6.45, 7) is 7.24. The largest absolute Gasteiger partial charge is 0.310 e. The van der Waals surface area contributed by atoms with Crippen molar-refractivity contribution in [2.75, 3.05) is 18.1 Å². The van der Waals surface area contributed by atoms with E-state index in [1.165, 1.54) is 0 Å². The highest BCUT2D eigenvalue weighted by Crippen LogP contribution is 2.00. The van der Waals surface area contributed by atoms with Gasteiger partial charge < -0.3 is 5.32 Å². The van der Waals surface area contributed by atoms with Gasteiger partial charge in [0.1, 0.15) is 11.4 Å². The van der Waals surface area contributed by atoms with Crippen LogP contribution in [0.2, 0.25) is 0 Å². The van der Waals surface area contributed by atoms with Gasteiger partial charge >= 0.3 is 0 Å². The van der Waals surface area contributed by atoms with E-state index in [0.29, 0.717) is 0 Å². The van der Waals surface area contributed by atoms with Crippen molar-refractivity contribution in [3.8, 4) is 0 Å². The molecule has 5 heteroatoms. The maximum Gasteiger partial charge on any atom is 0.121 e. The molecule has 0 spiro atoms. The Morgan fingerprint density at radius 1 is 1.57 bits per heavy atom. The topological polar surface area (TPSA) is 51.0 Å². The predicted octanol–water partition coefficient (Wildman–Crippen LogP) is 1.39. The normalized spacial score (nSPS) is 10.4. The summed E-state index contributed by atoms with van der Waals surface area (Å²) in [5.41, 5.74) is 1.75. The van der Waals surface area contributed by atoms with Crippen LogP contribution in [0, 0.1) is 6.92 Å². The van der Waals surface area contributed by atoms with Crippen LogP contribution in [-0.4, -0.2) is 28.4 Å². The Kier molecular flexibility index (Phi) is 5.32. The molecule has 4 nitrogen and oxygen atoms in total. The Labute approximate surface area is 88.1 Å². The van der Waals surface area contributed by atoms with Crippen LogP contribution in [0.5, 0.6) is 0 Å². The van der Waals surface area contributed by atoms with Crippen molar-refractivity contribution in [1.29, 1.82) is 0 Å². The summed E-state index contributed by atoms with van der Waals surface area (Å²) < 4.78 is 4.58. The zero-order chi connectivity index (χ0) is 10.2. The van der Waals surface area contributed by atoms with Gasteiger partial charge in [0, 0.05) is 24.6 Å². The van der Waals surface area contributed by atoms with Gasteiger partial charge in [-0.25, -0.2) is 4.63 Å². The second kappa shape index (κ2) is 6.62. The Balaban J connectivity index is 2.04. The quantitative estimate of drug-likeness (QED) is 0.548. The first-order valence-electron chi connectivity index (χ1n) is 4.52. The van der Waals surface area contributed by atoms with Crippen molar-refractivity contribution >= 4 is 11.8 Å². The third-order valence-electron chi connectivity index (χ3n) is 1.70. The number of nitrogens with one attached hydrogen (secondary N) is 1. The highest BCUT2D eigenvalue weighted by molar-refractivity contribution is 7.99. The molecular weight excluding hydrogens is 198 g/mol. The van der Waals surface area contributed by atoms with Crippen molar-refractivity contribution in [3.63, 3.8) is 0 Å². The molecule has 0 unspecified atom stereocenters. The fourth-order valence-electron chi connectivity index (χ4n) is 0.928. The maximum absolute atomic E-state index is 4.58. The van der Waals surface area contributed by atoms with Gasteiger partial charge in [0.2, 0.25) is 0 Å². The molecule has 1 heterocycles. The minimum Gasteiger partial charge on any atom is -0.310 e. The summed E-state index contributed by atoms with van der Waals surface area (Å²) in [7, 11) is 0. The first kappa shape index (κ1) is 11.3. The summed E-state index contributed by atoms with van der Waals surface area (Å²) in [5.74, 6) is 2.09. The van der Waals surface area contributed by atoms with E-state index in [-0.39, 0.29) is 0 Å². The fourth-order valence-corrected chi connectivity index (χ4v) is 1.55. The molecule has 0 aliphatic heterocycles. The monoisotopic (exact) mass is 213 g/mol. The predicted molar refractivity (Wildman–Crippen MR) is 58.3 cm³/mol. The van der Waals surface area contributed by atoms with Crippen LogP contribution in [0.3, 0.4) is 0 Å². The number of hydrogen-bond donors (Lipinski definition) is 1. The van der Waals surface area contributed by atoms with Crippen molar-refractivity contribution in [3.05, 3.63) is 24.0 Å². The van der Waals surface area contributed by atoms with Crippen molar-refractivity contribution in [2.45, 2.75) is 13.5 Å². The second-order valence-electron chi connectivity index (χ2n) is 2.84. The molecule has 0 bridgehead atoms. The van der Waals surface area contributed by atoms with Crippen molar-refractivity contribution < 1.29 is 4.63 Å². The highest BCUT2D eigenvalue weighted by Gasteiger charge is 2.02. The number of aryl methyl sites for hydroxylation is 1. The summed E-state index contributed by atoms with van der Waals surface area (Å²) in [5, 5.41) is 10.7. The van der Waals surface area contributed by atoms with Gasteiger partial charge in [-0.1, -0.05) is 16.4 Å². The molecule has 0 aliphatic carbocycles. The average Bonchev–Trinajstić information content (AvgIpc) is 2.58. The minimum absolute atomic E-state index is 0.726. The van der Waals surface area contributed by atoms with Gasteiger partial charge in [-0.15, -0.1) is 6.58 Å². The smallest absolute Gasteiger partial charge is 0.121 e. The zero-order valence-corrected chi connectivity index (χ0v) is 9.14. The molecule has 14 heavy (non-hydrogen) atoms. The van der Waals surface area contributed by atoms with Gasteiger partial charge in [-0.3, -0.25) is 0 Å². The molecular formula is C9H15N3OS. The van der Waals surface area contributed by atoms with E-state index in [1.54, 1.807) is 0 Å². The molecule has 0 radical (unpaired) electrons. The maximum atomic E-state index is 4.58. The molecule has 0 aliphatic rings. The Bertz CT molecular complexity index is 275. The zero-order valence-electron chi connectivity index (χ0n) is 8.32. The standard InChI is InChI=1S/C9H15N3OS/c1-3-5-14-6-4-10-7-9-8(2)11-13-12-9/h3,10H,1,4-7H2,2H3. The lowest BCUT2D eigenvalue weighted by Crippen LogP contribution is -2.17. The summed E-state index contributed by atoms with van der Waals surface area (Å²) >= 11 is 1.85. The first-order valence-corrected chi connectivity index (χ1v) is 5.67. The lowest BCUT2D eigenvalue weighted by molar-refractivity contribution is 0.300. The van der Waals surface area contributed by atoms with Gasteiger partial charge in [-0.05, 0) is 6.92 Å². The number of thioether (sulfide) groups is 1. The van der Waals surface area contributed by atoms with E-state index >= 15 is 0 Å². The van der Waals surface area contributed by atoms with E-state index in [2.05, 4.69) is 26.8 Å². The molecule has 1 aromatic rings. The fraction of sp³-hybridized carbons (Fsp3) is 0.556. The summed E-state index contributed by atoms with van der Waals surface area (Å²) in [6, 6.07) is 0. The van der Waals surface area contributed by atoms with E-state index < -0.39 is 0 Å². The average molecular weight is 213 g/mol. The second-order valence-corrected chi connectivity index (χ2v) is 3.99. The van der Waals surface area contributed by atoms with Gasteiger partial charge in [0.25, 0.3) is 0 Å². The molecule has 78 valence electrons. The van der Waals surface area contributed by atoms with Crippen molar-refractivity contribution in [2.24, 2.45) is 0 Å². The van der Waals surface area contributed by atoms with Crippen LogP contribution in [-0.2, 0) is 6.54 Å². The third kappa shape index (κ3) is 3.93. The van der Waals surface area contributed by atoms with Gasteiger partial charge in [0.15, 0.2) is 0 Å². The molecule has 1 rings (SSSR count). The molecule has 0 fully saturated rings. The number of aromatic nitrogens is 2. The van der Waals surface area contributed by atoms with Crippen LogP contribution in [0.4, 0.5) is 0 Å². The number of rotatable bonds is 7. The first-order chi connectivity index (χ1) is 6.84. The van der Waals surface area contributed by atoms with Crippen LogP contribution >= 0.6 is 11.8 Å². The van der Waals surface area contributed by atoms with E-state index in [4.69, 9.17) is 0 Å².